The number of benzene rings is 1. The van der Waals surface area contributed by atoms with Crippen molar-refractivity contribution in [3.63, 3.8) is 0 Å². The van der Waals surface area contributed by atoms with Crippen molar-refractivity contribution >= 4 is 44.8 Å². The van der Waals surface area contributed by atoms with Crippen LogP contribution >= 0.6 is 39.1 Å². The molecule has 0 aliphatic heterocycles. The van der Waals surface area contributed by atoms with Crippen molar-refractivity contribution in [1.29, 1.82) is 0 Å². The monoisotopic (exact) mass is 390 g/mol. The van der Waals surface area contributed by atoms with E-state index in [9.17, 15) is 0 Å². The van der Waals surface area contributed by atoms with Crippen molar-refractivity contribution < 1.29 is 4.74 Å². The van der Waals surface area contributed by atoms with E-state index in [0.717, 1.165) is 10.2 Å². The summed E-state index contributed by atoms with van der Waals surface area (Å²) in [6.07, 6.45) is 1.63. The van der Waals surface area contributed by atoms with Gasteiger partial charge in [0.25, 0.3) is 0 Å². The highest BCUT2D eigenvalue weighted by Crippen LogP contribution is 2.38. The Morgan fingerprint density at radius 3 is 2.43 bits per heavy atom. The van der Waals surface area contributed by atoms with Crippen LogP contribution in [0.4, 0.5) is 5.69 Å². The van der Waals surface area contributed by atoms with Crippen LogP contribution in [0.25, 0.3) is 0 Å². The second kappa shape index (κ2) is 6.79. The molecule has 1 heterocycles. The molecule has 1 aromatic heterocycles. The van der Waals surface area contributed by atoms with Gasteiger partial charge >= 0.3 is 6.01 Å². The molecule has 0 atom stereocenters. The normalized spacial score (nSPS) is 10.8. The molecule has 112 valence electrons. The third-order valence-electron chi connectivity index (χ3n) is 2.65. The summed E-state index contributed by atoms with van der Waals surface area (Å²) in [5.74, 6) is 5.83. The first-order chi connectivity index (χ1) is 9.92. The Balaban J connectivity index is 2.37. The number of hydrazine groups is 1. The maximum absolute atomic E-state index is 6.13. The average molecular weight is 392 g/mol. The number of ether oxygens (including phenoxy) is 1. The second-order valence-electron chi connectivity index (χ2n) is 4.56. The molecule has 5 nitrogen and oxygen atoms in total. The van der Waals surface area contributed by atoms with Crippen LogP contribution in [0.2, 0.25) is 10.0 Å². The molecule has 0 aliphatic carbocycles. The largest absolute Gasteiger partial charge is 0.421 e. The molecule has 8 heteroatoms. The molecule has 2 aromatic rings. The SMILES string of the molecule is CC(C)c1nc(Oc2c(Cl)cc(NN)cc2Cl)ncc1Br. The van der Waals surface area contributed by atoms with E-state index in [4.69, 9.17) is 33.8 Å². The van der Waals surface area contributed by atoms with Gasteiger partial charge in [0, 0.05) is 6.20 Å². The number of nitrogens with one attached hydrogen (secondary N) is 1. The van der Waals surface area contributed by atoms with Gasteiger partial charge in [-0.15, -0.1) is 0 Å². The standard InChI is InChI=1S/C13H13BrCl2N4O/c1-6(2)11-8(14)5-18-13(19-11)21-12-9(15)3-7(20-17)4-10(12)16/h3-6,20H,17H2,1-2H3. The van der Waals surface area contributed by atoms with Gasteiger partial charge in [-0.2, -0.15) is 4.98 Å². The first kappa shape index (κ1) is 16.3. The highest BCUT2D eigenvalue weighted by Gasteiger charge is 2.14. The van der Waals surface area contributed by atoms with Gasteiger partial charge in [0.05, 0.1) is 25.9 Å². The van der Waals surface area contributed by atoms with Gasteiger partial charge in [-0.1, -0.05) is 37.0 Å². The van der Waals surface area contributed by atoms with Gasteiger partial charge in [0.1, 0.15) is 0 Å². The molecule has 0 radical (unpaired) electrons. The molecule has 0 fully saturated rings. The van der Waals surface area contributed by atoms with Crippen LogP contribution in [0, 0.1) is 0 Å². The molecule has 0 saturated carbocycles. The van der Waals surface area contributed by atoms with E-state index >= 15 is 0 Å². The summed E-state index contributed by atoms with van der Waals surface area (Å²) >= 11 is 15.7. The molecule has 0 amide bonds. The van der Waals surface area contributed by atoms with Crippen molar-refractivity contribution in [3.05, 3.63) is 38.5 Å². The Hall–Kier alpha value is -1.08. The van der Waals surface area contributed by atoms with E-state index in [2.05, 4.69) is 31.3 Å². The summed E-state index contributed by atoms with van der Waals surface area (Å²) in [7, 11) is 0. The summed E-state index contributed by atoms with van der Waals surface area (Å²) in [4.78, 5) is 8.46. The van der Waals surface area contributed by atoms with Crippen LogP contribution in [0.1, 0.15) is 25.5 Å². The number of nitrogens with zero attached hydrogens (tertiary/aromatic N) is 2. The maximum Gasteiger partial charge on any atom is 0.322 e. The highest BCUT2D eigenvalue weighted by molar-refractivity contribution is 9.10. The first-order valence-corrected chi connectivity index (χ1v) is 7.63. The van der Waals surface area contributed by atoms with Crippen molar-refractivity contribution in [1.82, 2.24) is 9.97 Å². The zero-order chi connectivity index (χ0) is 15.6. The average Bonchev–Trinajstić information content (AvgIpc) is 2.43. The third-order valence-corrected chi connectivity index (χ3v) is 3.83. The lowest BCUT2D eigenvalue weighted by Gasteiger charge is -2.12. The van der Waals surface area contributed by atoms with Crippen LogP contribution in [-0.2, 0) is 0 Å². The maximum atomic E-state index is 6.13. The summed E-state index contributed by atoms with van der Waals surface area (Å²) in [5, 5.41) is 0.626. The topological polar surface area (TPSA) is 73.1 Å². The Kier molecular flexibility index (Phi) is 5.27. The fourth-order valence-electron chi connectivity index (χ4n) is 1.65. The molecule has 0 saturated heterocycles. The zero-order valence-electron chi connectivity index (χ0n) is 11.3. The van der Waals surface area contributed by atoms with Gasteiger partial charge in [-0.3, -0.25) is 5.84 Å². The number of hydrogen-bond acceptors (Lipinski definition) is 5. The highest BCUT2D eigenvalue weighted by atomic mass is 79.9. The number of hydrogen-bond donors (Lipinski definition) is 2. The summed E-state index contributed by atoms with van der Waals surface area (Å²) in [6, 6.07) is 3.38. The van der Waals surface area contributed by atoms with Crippen LogP contribution in [0.3, 0.4) is 0 Å². The molecule has 1 aromatic carbocycles. The predicted molar refractivity (Wildman–Crippen MR) is 88.2 cm³/mol. The van der Waals surface area contributed by atoms with E-state index in [1.54, 1.807) is 18.3 Å². The Morgan fingerprint density at radius 1 is 1.29 bits per heavy atom. The Bertz CT molecular complexity index is 644. The fraction of sp³-hybridized carbons (Fsp3) is 0.231. The van der Waals surface area contributed by atoms with Crippen molar-refractivity contribution in [2.75, 3.05) is 5.43 Å². The quantitative estimate of drug-likeness (QED) is 0.581. The van der Waals surface area contributed by atoms with Gasteiger partial charge in [-0.25, -0.2) is 4.98 Å². The lowest BCUT2D eigenvalue weighted by atomic mass is 10.1. The Morgan fingerprint density at radius 2 is 1.90 bits per heavy atom. The minimum Gasteiger partial charge on any atom is -0.421 e. The Labute approximate surface area is 140 Å². The number of nitrogens with two attached hydrogens (primary N) is 1. The molecule has 3 N–H and O–H groups in total. The fourth-order valence-corrected chi connectivity index (χ4v) is 2.86. The molecule has 0 spiro atoms. The smallest absolute Gasteiger partial charge is 0.322 e. The summed E-state index contributed by atoms with van der Waals surface area (Å²) in [6.45, 7) is 4.05. The third kappa shape index (κ3) is 3.77. The summed E-state index contributed by atoms with van der Waals surface area (Å²) < 4.78 is 6.43. The lowest BCUT2D eigenvalue weighted by Crippen LogP contribution is -2.06. The second-order valence-corrected chi connectivity index (χ2v) is 6.22. The van der Waals surface area contributed by atoms with E-state index in [1.807, 2.05) is 13.8 Å². The van der Waals surface area contributed by atoms with E-state index in [-0.39, 0.29) is 17.7 Å². The molecule has 21 heavy (non-hydrogen) atoms. The van der Waals surface area contributed by atoms with E-state index < -0.39 is 0 Å². The lowest BCUT2D eigenvalue weighted by molar-refractivity contribution is 0.438. The van der Waals surface area contributed by atoms with Crippen LogP contribution < -0.4 is 16.0 Å². The number of anilines is 1. The molecule has 0 unspecified atom stereocenters. The number of rotatable bonds is 4. The zero-order valence-corrected chi connectivity index (χ0v) is 14.4. The van der Waals surface area contributed by atoms with Gasteiger partial charge in [0.15, 0.2) is 5.75 Å². The minimum absolute atomic E-state index is 0.180. The van der Waals surface area contributed by atoms with Crippen molar-refractivity contribution in [2.24, 2.45) is 5.84 Å². The summed E-state index contributed by atoms with van der Waals surface area (Å²) in [5.41, 5.74) is 3.89. The van der Waals surface area contributed by atoms with Gasteiger partial charge < -0.3 is 10.2 Å². The molecular formula is C13H13BrCl2N4O. The van der Waals surface area contributed by atoms with E-state index in [1.165, 1.54) is 0 Å². The molecular weight excluding hydrogens is 379 g/mol. The predicted octanol–water partition coefficient (Wildman–Crippen LogP) is 4.75. The minimum atomic E-state index is 0.180. The van der Waals surface area contributed by atoms with Crippen LogP contribution in [0.15, 0.2) is 22.8 Å². The number of halogens is 3. The number of aromatic nitrogens is 2. The van der Waals surface area contributed by atoms with Crippen molar-refractivity contribution in [2.45, 2.75) is 19.8 Å². The van der Waals surface area contributed by atoms with Gasteiger partial charge in [0.2, 0.25) is 0 Å². The van der Waals surface area contributed by atoms with Crippen molar-refractivity contribution in [3.8, 4) is 11.8 Å². The van der Waals surface area contributed by atoms with Crippen LogP contribution in [-0.4, -0.2) is 9.97 Å². The number of nitrogen functional groups attached to an aromatic ring is 1. The molecule has 0 bridgehead atoms. The van der Waals surface area contributed by atoms with Crippen LogP contribution in [0.5, 0.6) is 11.8 Å². The first-order valence-electron chi connectivity index (χ1n) is 6.08. The van der Waals surface area contributed by atoms with Gasteiger partial charge in [-0.05, 0) is 34.0 Å². The molecule has 2 rings (SSSR count). The van der Waals surface area contributed by atoms with E-state index in [0.29, 0.717) is 15.7 Å². The molecule has 0 aliphatic rings.